The van der Waals surface area contributed by atoms with E-state index in [9.17, 15) is 9.59 Å². The van der Waals surface area contributed by atoms with Crippen molar-refractivity contribution in [3.05, 3.63) is 65.7 Å². The standard InChI is InChI=1S/C26H36N2O3/c1-5-24(26(30)27-20(2)3)28(18-17-22-10-7-6-8-11-22)25(29)12-9-19-31-23-15-13-21(4)14-16-23/h6-8,10-11,13-16,20,24H,5,9,12,17-19H2,1-4H3,(H,27,30). The Kier molecular flexibility index (Phi) is 10.1. The molecule has 0 spiro atoms. The van der Waals surface area contributed by atoms with Crippen molar-refractivity contribution < 1.29 is 14.3 Å². The summed E-state index contributed by atoms with van der Waals surface area (Å²) >= 11 is 0. The molecule has 0 aromatic heterocycles. The molecule has 1 unspecified atom stereocenters. The fourth-order valence-corrected chi connectivity index (χ4v) is 3.47. The summed E-state index contributed by atoms with van der Waals surface area (Å²) in [5.74, 6) is 0.714. The third-order valence-electron chi connectivity index (χ3n) is 5.13. The van der Waals surface area contributed by atoms with Crippen LogP contribution in [0.4, 0.5) is 0 Å². The van der Waals surface area contributed by atoms with Crippen LogP contribution in [-0.2, 0) is 16.0 Å². The fourth-order valence-electron chi connectivity index (χ4n) is 3.47. The van der Waals surface area contributed by atoms with Crippen LogP contribution in [0.1, 0.15) is 51.2 Å². The van der Waals surface area contributed by atoms with Gasteiger partial charge in [-0.15, -0.1) is 0 Å². The molecule has 1 atom stereocenters. The average molecular weight is 425 g/mol. The number of hydrogen-bond acceptors (Lipinski definition) is 3. The number of rotatable bonds is 12. The van der Waals surface area contributed by atoms with E-state index in [1.807, 2.05) is 82.3 Å². The van der Waals surface area contributed by atoms with Gasteiger partial charge in [-0.25, -0.2) is 0 Å². The van der Waals surface area contributed by atoms with Gasteiger partial charge in [-0.2, -0.15) is 0 Å². The monoisotopic (exact) mass is 424 g/mol. The normalized spacial score (nSPS) is 11.8. The number of amides is 2. The van der Waals surface area contributed by atoms with E-state index in [-0.39, 0.29) is 17.9 Å². The predicted octanol–water partition coefficient (Wildman–Crippen LogP) is 4.53. The van der Waals surface area contributed by atoms with E-state index in [0.717, 1.165) is 17.7 Å². The Bertz CT molecular complexity index is 803. The van der Waals surface area contributed by atoms with Crippen molar-refractivity contribution in [3.8, 4) is 5.75 Å². The molecule has 2 amide bonds. The Morgan fingerprint density at radius 2 is 1.71 bits per heavy atom. The lowest BCUT2D eigenvalue weighted by atomic mass is 10.1. The Balaban J connectivity index is 1.98. The molecular weight excluding hydrogens is 388 g/mol. The zero-order valence-electron chi connectivity index (χ0n) is 19.3. The van der Waals surface area contributed by atoms with Crippen LogP contribution in [0.3, 0.4) is 0 Å². The highest BCUT2D eigenvalue weighted by Gasteiger charge is 2.28. The van der Waals surface area contributed by atoms with Gasteiger partial charge in [0.05, 0.1) is 6.61 Å². The van der Waals surface area contributed by atoms with Crippen LogP contribution in [-0.4, -0.2) is 41.9 Å². The quantitative estimate of drug-likeness (QED) is 0.509. The van der Waals surface area contributed by atoms with E-state index in [4.69, 9.17) is 4.74 Å². The molecular formula is C26H36N2O3. The lowest BCUT2D eigenvalue weighted by Gasteiger charge is -2.31. The Labute approximate surface area is 186 Å². The van der Waals surface area contributed by atoms with Crippen molar-refractivity contribution in [1.29, 1.82) is 0 Å². The van der Waals surface area contributed by atoms with Crippen LogP contribution < -0.4 is 10.1 Å². The fraction of sp³-hybridized carbons (Fsp3) is 0.462. The summed E-state index contributed by atoms with van der Waals surface area (Å²) in [7, 11) is 0. The van der Waals surface area contributed by atoms with Gasteiger partial charge in [-0.05, 0) is 57.7 Å². The second-order valence-electron chi connectivity index (χ2n) is 8.18. The van der Waals surface area contributed by atoms with Crippen molar-refractivity contribution in [2.75, 3.05) is 13.2 Å². The van der Waals surface area contributed by atoms with Gasteiger partial charge in [0.25, 0.3) is 0 Å². The first-order chi connectivity index (χ1) is 14.9. The summed E-state index contributed by atoms with van der Waals surface area (Å²) in [6.07, 6.45) is 2.26. The SMILES string of the molecule is CCC(C(=O)NC(C)C)N(CCc1ccccc1)C(=O)CCCOc1ccc(C)cc1. The molecule has 0 saturated carbocycles. The van der Waals surface area contributed by atoms with Crippen LogP contribution >= 0.6 is 0 Å². The summed E-state index contributed by atoms with van der Waals surface area (Å²) in [6.45, 7) is 8.84. The number of benzene rings is 2. The maximum absolute atomic E-state index is 13.1. The topological polar surface area (TPSA) is 58.6 Å². The average Bonchev–Trinajstić information content (AvgIpc) is 2.75. The molecule has 5 heteroatoms. The molecule has 0 radical (unpaired) electrons. The largest absolute Gasteiger partial charge is 0.494 e. The van der Waals surface area contributed by atoms with Gasteiger partial charge in [-0.1, -0.05) is 55.0 Å². The lowest BCUT2D eigenvalue weighted by molar-refractivity contribution is -0.141. The van der Waals surface area contributed by atoms with Gasteiger partial charge in [0.1, 0.15) is 11.8 Å². The molecule has 2 aromatic carbocycles. The summed E-state index contributed by atoms with van der Waals surface area (Å²) in [5, 5.41) is 2.96. The molecule has 2 aromatic rings. The number of carbonyl (C=O) groups is 2. The van der Waals surface area contributed by atoms with Gasteiger partial charge in [0.2, 0.25) is 11.8 Å². The first kappa shape index (κ1) is 24.4. The Morgan fingerprint density at radius 3 is 2.32 bits per heavy atom. The summed E-state index contributed by atoms with van der Waals surface area (Å²) < 4.78 is 5.76. The zero-order valence-corrected chi connectivity index (χ0v) is 19.3. The second kappa shape index (κ2) is 12.8. The van der Waals surface area contributed by atoms with Crippen molar-refractivity contribution in [2.24, 2.45) is 0 Å². The first-order valence-electron chi connectivity index (χ1n) is 11.2. The number of nitrogens with zero attached hydrogens (tertiary/aromatic N) is 1. The van der Waals surface area contributed by atoms with Crippen LogP contribution in [0.15, 0.2) is 54.6 Å². The molecule has 5 nitrogen and oxygen atoms in total. The highest BCUT2D eigenvalue weighted by Crippen LogP contribution is 2.14. The van der Waals surface area contributed by atoms with Crippen molar-refractivity contribution in [3.63, 3.8) is 0 Å². The van der Waals surface area contributed by atoms with E-state index < -0.39 is 6.04 Å². The van der Waals surface area contributed by atoms with Crippen LogP contribution in [0.2, 0.25) is 0 Å². The molecule has 31 heavy (non-hydrogen) atoms. The molecule has 168 valence electrons. The Morgan fingerprint density at radius 1 is 1.03 bits per heavy atom. The highest BCUT2D eigenvalue weighted by molar-refractivity contribution is 5.87. The minimum absolute atomic E-state index is 0.00538. The van der Waals surface area contributed by atoms with Crippen LogP contribution in [0.5, 0.6) is 5.75 Å². The number of nitrogens with one attached hydrogen (secondary N) is 1. The van der Waals surface area contributed by atoms with Gasteiger partial charge < -0.3 is 15.0 Å². The third kappa shape index (κ3) is 8.44. The molecule has 2 rings (SSSR count). The van der Waals surface area contributed by atoms with E-state index in [0.29, 0.717) is 32.4 Å². The molecule has 0 heterocycles. The summed E-state index contributed by atoms with van der Waals surface area (Å²) in [5.41, 5.74) is 2.34. The van der Waals surface area contributed by atoms with Crippen LogP contribution in [0, 0.1) is 6.92 Å². The number of carbonyl (C=O) groups excluding carboxylic acids is 2. The number of aryl methyl sites for hydroxylation is 1. The lowest BCUT2D eigenvalue weighted by Crippen LogP contribution is -2.51. The number of hydrogen-bond donors (Lipinski definition) is 1. The van der Waals surface area contributed by atoms with Crippen molar-refractivity contribution in [2.45, 2.75) is 65.5 Å². The Hall–Kier alpha value is -2.82. The maximum Gasteiger partial charge on any atom is 0.242 e. The van der Waals surface area contributed by atoms with Gasteiger partial charge in [0, 0.05) is 19.0 Å². The van der Waals surface area contributed by atoms with Gasteiger partial charge in [-0.3, -0.25) is 9.59 Å². The second-order valence-corrected chi connectivity index (χ2v) is 8.18. The highest BCUT2D eigenvalue weighted by atomic mass is 16.5. The predicted molar refractivity (Wildman–Crippen MR) is 125 cm³/mol. The zero-order chi connectivity index (χ0) is 22.6. The molecule has 0 aliphatic rings. The first-order valence-corrected chi connectivity index (χ1v) is 11.2. The minimum Gasteiger partial charge on any atom is -0.494 e. The van der Waals surface area contributed by atoms with E-state index in [2.05, 4.69) is 5.32 Å². The molecule has 0 saturated heterocycles. The van der Waals surface area contributed by atoms with E-state index in [1.54, 1.807) is 4.90 Å². The number of ether oxygens (including phenoxy) is 1. The molecule has 1 N–H and O–H groups in total. The smallest absolute Gasteiger partial charge is 0.242 e. The van der Waals surface area contributed by atoms with Gasteiger partial charge >= 0.3 is 0 Å². The van der Waals surface area contributed by atoms with Crippen molar-refractivity contribution >= 4 is 11.8 Å². The maximum atomic E-state index is 13.1. The molecule has 0 fully saturated rings. The third-order valence-corrected chi connectivity index (χ3v) is 5.13. The minimum atomic E-state index is -0.461. The molecule has 0 aliphatic heterocycles. The van der Waals surface area contributed by atoms with Crippen molar-refractivity contribution in [1.82, 2.24) is 10.2 Å². The summed E-state index contributed by atoms with van der Waals surface area (Å²) in [6, 6.07) is 17.5. The van der Waals surface area contributed by atoms with E-state index in [1.165, 1.54) is 5.56 Å². The molecule has 0 bridgehead atoms. The van der Waals surface area contributed by atoms with E-state index >= 15 is 0 Å². The molecule has 0 aliphatic carbocycles. The van der Waals surface area contributed by atoms with Crippen LogP contribution in [0.25, 0.3) is 0 Å². The van der Waals surface area contributed by atoms with Gasteiger partial charge in [0.15, 0.2) is 0 Å². The summed E-state index contributed by atoms with van der Waals surface area (Å²) in [4.78, 5) is 27.6.